The standard InChI is InChI=1S/C44H30BNO2/c1-27-19-21-38-34(23-27)35-24-28(2)20-22-39(35)46(38)31-25-40-42-41(26-31)48-44-33(30-13-7-4-8-14-30)16-10-18-37(44)45(42)36-17-9-15-32(43(36)47-40)29-11-5-3-6-12-29/h3-26H,1-2H3. The smallest absolute Gasteiger partial charge is 0.260 e. The van der Waals surface area contributed by atoms with Crippen LogP contribution in [0.3, 0.4) is 0 Å². The summed E-state index contributed by atoms with van der Waals surface area (Å²) in [5, 5.41) is 2.49. The minimum atomic E-state index is -0.0488. The summed E-state index contributed by atoms with van der Waals surface area (Å²) in [5.41, 5.74) is 13.6. The van der Waals surface area contributed by atoms with Crippen LogP contribution in [-0.4, -0.2) is 11.3 Å². The van der Waals surface area contributed by atoms with E-state index < -0.39 is 0 Å². The summed E-state index contributed by atoms with van der Waals surface area (Å²) in [6.45, 7) is 4.27. The molecule has 0 atom stereocenters. The molecule has 48 heavy (non-hydrogen) atoms. The van der Waals surface area contributed by atoms with E-state index >= 15 is 0 Å². The van der Waals surface area contributed by atoms with Crippen molar-refractivity contribution in [2.45, 2.75) is 13.8 Å². The van der Waals surface area contributed by atoms with Crippen LogP contribution in [0, 0.1) is 13.8 Å². The monoisotopic (exact) mass is 615 g/mol. The summed E-state index contributed by atoms with van der Waals surface area (Å²) >= 11 is 0. The summed E-state index contributed by atoms with van der Waals surface area (Å²) in [5.74, 6) is 3.45. The Morgan fingerprint density at radius 3 is 1.44 bits per heavy atom. The van der Waals surface area contributed by atoms with Crippen LogP contribution >= 0.6 is 0 Å². The van der Waals surface area contributed by atoms with E-state index in [9.17, 15) is 0 Å². The van der Waals surface area contributed by atoms with Crippen LogP contribution in [0.4, 0.5) is 0 Å². The Bertz CT molecular complexity index is 2410. The van der Waals surface area contributed by atoms with E-state index in [0.717, 1.165) is 78.4 Å². The van der Waals surface area contributed by atoms with Crippen LogP contribution in [0.25, 0.3) is 49.7 Å². The number of nitrogens with zero attached hydrogens (tertiary/aromatic N) is 1. The van der Waals surface area contributed by atoms with Gasteiger partial charge < -0.3 is 14.0 Å². The van der Waals surface area contributed by atoms with E-state index in [4.69, 9.17) is 9.47 Å². The molecular formula is C44H30BNO2. The predicted octanol–water partition coefficient (Wildman–Crippen LogP) is 9.46. The number of fused-ring (bicyclic) bond motifs is 7. The lowest BCUT2D eigenvalue weighted by molar-refractivity contribution is 0.466. The quantitative estimate of drug-likeness (QED) is 0.185. The second-order valence-corrected chi connectivity index (χ2v) is 13.0. The Kier molecular flexibility index (Phi) is 5.80. The van der Waals surface area contributed by atoms with Gasteiger partial charge in [0.15, 0.2) is 0 Å². The van der Waals surface area contributed by atoms with Crippen molar-refractivity contribution in [2.24, 2.45) is 0 Å². The Labute approximate surface area is 279 Å². The van der Waals surface area contributed by atoms with Crippen molar-refractivity contribution in [3.63, 3.8) is 0 Å². The molecule has 3 nitrogen and oxygen atoms in total. The third-order valence-corrected chi connectivity index (χ3v) is 10.0. The fraction of sp³-hybridized carbons (Fsp3) is 0.0455. The van der Waals surface area contributed by atoms with Gasteiger partial charge in [0.2, 0.25) is 0 Å². The van der Waals surface area contributed by atoms with E-state index in [1.807, 2.05) is 0 Å². The molecule has 0 N–H and O–H groups in total. The van der Waals surface area contributed by atoms with Crippen LogP contribution in [0.15, 0.2) is 146 Å². The van der Waals surface area contributed by atoms with Gasteiger partial charge in [-0.2, -0.15) is 0 Å². The first-order chi connectivity index (χ1) is 23.6. The molecule has 0 saturated heterocycles. The maximum Gasteiger partial charge on any atom is 0.260 e. The van der Waals surface area contributed by atoms with Gasteiger partial charge >= 0.3 is 0 Å². The normalized spacial score (nSPS) is 12.7. The maximum absolute atomic E-state index is 7.05. The average molecular weight is 616 g/mol. The molecule has 7 aromatic carbocycles. The molecule has 0 amide bonds. The van der Waals surface area contributed by atoms with Crippen molar-refractivity contribution < 1.29 is 9.47 Å². The van der Waals surface area contributed by atoms with Gasteiger partial charge in [0.05, 0.1) is 16.7 Å². The highest BCUT2D eigenvalue weighted by atomic mass is 16.5. The molecule has 226 valence electrons. The minimum absolute atomic E-state index is 0.0488. The highest BCUT2D eigenvalue weighted by Gasteiger charge is 2.42. The second-order valence-electron chi connectivity index (χ2n) is 13.0. The lowest BCUT2D eigenvalue weighted by atomic mass is 9.34. The number of rotatable bonds is 3. The first-order valence-electron chi connectivity index (χ1n) is 16.5. The van der Waals surface area contributed by atoms with Crippen molar-refractivity contribution in [1.82, 2.24) is 4.57 Å². The van der Waals surface area contributed by atoms with Gasteiger partial charge in [-0.15, -0.1) is 0 Å². The molecule has 0 radical (unpaired) electrons. The van der Waals surface area contributed by atoms with Gasteiger partial charge in [-0.25, -0.2) is 0 Å². The molecule has 3 heterocycles. The molecule has 1 aromatic heterocycles. The Hall–Kier alpha value is -6.00. The first kappa shape index (κ1) is 27.1. The Balaban J connectivity index is 1.28. The second kappa shape index (κ2) is 10.3. The zero-order chi connectivity index (χ0) is 31.9. The van der Waals surface area contributed by atoms with E-state index in [-0.39, 0.29) is 6.71 Å². The molecule has 10 rings (SSSR count). The molecule has 0 unspecified atom stereocenters. The fourth-order valence-corrected chi connectivity index (χ4v) is 7.88. The molecule has 4 heteroatoms. The highest BCUT2D eigenvalue weighted by molar-refractivity contribution is 6.98. The van der Waals surface area contributed by atoms with Crippen molar-refractivity contribution in [3.05, 3.63) is 157 Å². The number of benzene rings is 7. The first-order valence-corrected chi connectivity index (χ1v) is 16.5. The molecule has 0 spiro atoms. The molecule has 0 fully saturated rings. The molecule has 2 aliphatic rings. The van der Waals surface area contributed by atoms with Gasteiger partial charge in [-0.1, -0.05) is 120 Å². The van der Waals surface area contributed by atoms with Crippen molar-refractivity contribution in [2.75, 3.05) is 0 Å². The van der Waals surface area contributed by atoms with Crippen LogP contribution in [0.5, 0.6) is 23.0 Å². The zero-order valence-corrected chi connectivity index (χ0v) is 26.7. The number of hydrogen-bond donors (Lipinski definition) is 0. The van der Waals surface area contributed by atoms with Crippen molar-refractivity contribution >= 4 is 44.9 Å². The average Bonchev–Trinajstić information content (AvgIpc) is 3.44. The van der Waals surface area contributed by atoms with Crippen molar-refractivity contribution in [3.8, 4) is 50.9 Å². The van der Waals surface area contributed by atoms with Crippen LogP contribution in [-0.2, 0) is 0 Å². The van der Waals surface area contributed by atoms with Gasteiger partial charge in [-0.05, 0) is 60.2 Å². The van der Waals surface area contributed by atoms with Gasteiger partial charge in [0.25, 0.3) is 6.71 Å². The largest absolute Gasteiger partial charge is 0.458 e. The van der Waals surface area contributed by atoms with E-state index in [1.54, 1.807) is 0 Å². The van der Waals surface area contributed by atoms with E-state index in [2.05, 4.69) is 164 Å². The molecule has 0 bridgehead atoms. The fourth-order valence-electron chi connectivity index (χ4n) is 7.88. The Morgan fingerprint density at radius 1 is 0.479 bits per heavy atom. The van der Waals surface area contributed by atoms with E-state index in [1.165, 1.54) is 21.9 Å². The van der Waals surface area contributed by atoms with Gasteiger partial charge in [0.1, 0.15) is 23.0 Å². The number of ether oxygens (including phenoxy) is 2. The SMILES string of the molecule is Cc1ccc2c(c1)c1cc(C)ccc1n2-c1cc2c3c(c1)Oc1c(cccc1-c1ccccc1)B3c1cccc(-c3ccccc3)c1O2. The summed E-state index contributed by atoms with van der Waals surface area (Å²) in [6.07, 6.45) is 0. The van der Waals surface area contributed by atoms with Gasteiger partial charge in [-0.3, -0.25) is 0 Å². The lowest BCUT2D eigenvalue weighted by Crippen LogP contribution is -2.57. The third-order valence-electron chi connectivity index (χ3n) is 10.0. The van der Waals surface area contributed by atoms with Crippen LogP contribution in [0.1, 0.15) is 11.1 Å². The molecule has 0 aliphatic carbocycles. The molecule has 8 aromatic rings. The minimum Gasteiger partial charge on any atom is -0.458 e. The van der Waals surface area contributed by atoms with Gasteiger partial charge in [0, 0.05) is 39.5 Å². The number of aryl methyl sites for hydroxylation is 2. The Morgan fingerprint density at radius 2 is 0.958 bits per heavy atom. The van der Waals surface area contributed by atoms with Crippen LogP contribution in [0.2, 0.25) is 0 Å². The summed E-state index contributed by atoms with van der Waals surface area (Å²) in [6, 6.07) is 52.1. The molecule has 2 aliphatic heterocycles. The topological polar surface area (TPSA) is 23.4 Å². The number of aromatic nitrogens is 1. The number of para-hydroxylation sites is 2. The molecule has 0 saturated carbocycles. The predicted molar refractivity (Wildman–Crippen MR) is 199 cm³/mol. The summed E-state index contributed by atoms with van der Waals surface area (Å²) in [4.78, 5) is 0. The number of hydrogen-bond acceptors (Lipinski definition) is 2. The summed E-state index contributed by atoms with van der Waals surface area (Å²) < 4.78 is 16.5. The summed E-state index contributed by atoms with van der Waals surface area (Å²) in [7, 11) is 0. The highest BCUT2D eigenvalue weighted by Crippen LogP contribution is 2.44. The third kappa shape index (κ3) is 3.96. The van der Waals surface area contributed by atoms with E-state index in [0.29, 0.717) is 0 Å². The van der Waals surface area contributed by atoms with Crippen LogP contribution < -0.4 is 25.9 Å². The molecular weight excluding hydrogens is 585 g/mol. The maximum atomic E-state index is 7.05. The van der Waals surface area contributed by atoms with Crippen molar-refractivity contribution in [1.29, 1.82) is 0 Å². The zero-order valence-electron chi connectivity index (χ0n) is 26.7. The lowest BCUT2D eigenvalue weighted by Gasteiger charge is -2.35.